The molecule has 88 valence electrons. The van der Waals surface area contributed by atoms with Crippen LogP contribution in [-0.2, 0) is 11.3 Å². The van der Waals surface area contributed by atoms with Gasteiger partial charge in [0.25, 0.3) is 0 Å². The summed E-state index contributed by atoms with van der Waals surface area (Å²) in [6.45, 7) is 4.29. The van der Waals surface area contributed by atoms with Gasteiger partial charge in [0, 0.05) is 11.8 Å². The molecule has 0 atom stereocenters. The normalized spacial score (nSPS) is 10.2. The zero-order valence-corrected chi connectivity index (χ0v) is 10.8. The minimum absolute atomic E-state index is 0.0794. The van der Waals surface area contributed by atoms with E-state index in [0.717, 1.165) is 10.6 Å². The molecule has 0 unspecified atom stereocenters. The number of anilines is 1. The standard InChI is InChI=1S/C14H15NOS/c1-11-8-9-14(17-11)15(12(2)16)10-13-6-4-3-5-7-13/h3-9H,10H2,1-2H3. The van der Waals surface area contributed by atoms with Crippen LogP contribution in [0.15, 0.2) is 42.5 Å². The van der Waals surface area contributed by atoms with Crippen LogP contribution in [0, 0.1) is 6.92 Å². The zero-order chi connectivity index (χ0) is 12.3. The van der Waals surface area contributed by atoms with Gasteiger partial charge in [-0.05, 0) is 24.6 Å². The molecule has 0 radical (unpaired) electrons. The monoisotopic (exact) mass is 245 g/mol. The van der Waals surface area contributed by atoms with Gasteiger partial charge in [0.2, 0.25) is 5.91 Å². The SMILES string of the molecule is CC(=O)N(Cc1ccccc1)c1ccc(C)s1. The quantitative estimate of drug-likeness (QED) is 0.809. The van der Waals surface area contributed by atoms with E-state index in [1.807, 2.05) is 47.4 Å². The van der Waals surface area contributed by atoms with Crippen LogP contribution in [-0.4, -0.2) is 5.91 Å². The molecule has 0 saturated carbocycles. The van der Waals surface area contributed by atoms with Crippen molar-refractivity contribution >= 4 is 22.2 Å². The van der Waals surface area contributed by atoms with E-state index in [1.165, 1.54) is 4.88 Å². The number of thiophene rings is 1. The van der Waals surface area contributed by atoms with Crippen molar-refractivity contribution in [2.75, 3.05) is 4.90 Å². The minimum Gasteiger partial charge on any atom is -0.300 e. The Morgan fingerprint density at radius 1 is 1.18 bits per heavy atom. The maximum Gasteiger partial charge on any atom is 0.224 e. The number of aryl methyl sites for hydroxylation is 1. The molecule has 0 aliphatic heterocycles. The van der Waals surface area contributed by atoms with Crippen molar-refractivity contribution in [2.24, 2.45) is 0 Å². The molecular formula is C14H15NOS. The summed E-state index contributed by atoms with van der Waals surface area (Å²) in [6, 6.07) is 14.1. The second kappa shape index (κ2) is 5.15. The van der Waals surface area contributed by atoms with Crippen molar-refractivity contribution < 1.29 is 4.79 Å². The van der Waals surface area contributed by atoms with Crippen molar-refractivity contribution in [1.82, 2.24) is 0 Å². The van der Waals surface area contributed by atoms with E-state index in [-0.39, 0.29) is 5.91 Å². The summed E-state index contributed by atoms with van der Waals surface area (Å²) in [5.41, 5.74) is 1.15. The van der Waals surface area contributed by atoms with E-state index in [1.54, 1.807) is 18.3 Å². The van der Waals surface area contributed by atoms with Gasteiger partial charge in [0.15, 0.2) is 0 Å². The number of carbonyl (C=O) groups is 1. The van der Waals surface area contributed by atoms with Crippen molar-refractivity contribution in [3.8, 4) is 0 Å². The Morgan fingerprint density at radius 3 is 2.41 bits per heavy atom. The minimum atomic E-state index is 0.0794. The van der Waals surface area contributed by atoms with Gasteiger partial charge in [-0.1, -0.05) is 30.3 Å². The van der Waals surface area contributed by atoms with Crippen LogP contribution in [0.4, 0.5) is 5.00 Å². The van der Waals surface area contributed by atoms with E-state index < -0.39 is 0 Å². The summed E-state index contributed by atoms with van der Waals surface area (Å²) >= 11 is 1.65. The van der Waals surface area contributed by atoms with E-state index in [4.69, 9.17) is 0 Å². The number of benzene rings is 1. The molecule has 2 aromatic rings. The van der Waals surface area contributed by atoms with Gasteiger partial charge in [-0.3, -0.25) is 9.69 Å². The van der Waals surface area contributed by atoms with Crippen molar-refractivity contribution in [3.63, 3.8) is 0 Å². The Kier molecular flexibility index (Phi) is 3.59. The highest BCUT2D eigenvalue weighted by Crippen LogP contribution is 2.26. The summed E-state index contributed by atoms with van der Waals surface area (Å²) in [6.07, 6.45) is 0. The van der Waals surface area contributed by atoms with Gasteiger partial charge in [-0.15, -0.1) is 11.3 Å². The summed E-state index contributed by atoms with van der Waals surface area (Å²) in [7, 11) is 0. The van der Waals surface area contributed by atoms with Crippen molar-refractivity contribution in [1.29, 1.82) is 0 Å². The van der Waals surface area contributed by atoms with Crippen LogP contribution in [0.5, 0.6) is 0 Å². The number of carbonyl (C=O) groups excluding carboxylic acids is 1. The van der Waals surface area contributed by atoms with E-state index >= 15 is 0 Å². The largest absolute Gasteiger partial charge is 0.300 e. The lowest BCUT2D eigenvalue weighted by Crippen LogP contribution is -2.26. The maximum absolute atomic E-state index is 11.7. The molecule has 2 rings (SSSR count). The molecule has 0 spiro atoms. The van der Waals surface area contributed by atoms with Gasteiger partial charge in [-0.25, -0.2) is 0 Å². The van der Waals surface area contributed by atoms with Gasteiger partial charge in [0.1, 0.15) is 0 Å². The molecule has 0 bridgehead atoms. The second-order valence-corrected chi connectivity index (χ2v) is 5.24. The average Bonchev–Trinajstić information content (AvgIpc) is 2.73. The number of hydrogen-bond donors (Lipinski definition) is 0. The van der Waals surface area contributed by atoms with Crippen LogP contribution in [0.3, 0.4) is 0 Å². The number of nitrogens with zero attached hydrogens (tertiary/aromatic N) is 1. The number of amides is 1. The van der Waals surface area contributed by atoms with Gasteiger partial charge >= 0.3 is 0 Å². The molecule has 0 aliphatic rings. The Balaban J connectivity index is 2.22. The molecule has 2 nitrogen and oxygen atoms in total. The first-order valence-electron chi connectivity index (χ1n) is 5.55. The molecule has 17 heavy (non-hydrogen) atoms. The van der Waals surface area contributed by atoms with E-state index in [9.17, 15) is 4.79 Å². The fourth-order valence-electron chi connectivity index (χ4n) is 1.68. The van der Waals surface area contributed by atoms with Gasteiger partial charge in [0.05, 0.1) is 11.5 Å². The van der Waals surface area contributed by atoms with Crippen LogP contribution in [0.2, 0.25) is 0 Å². The predicted molar refractivity (Wildman–Crippen MR) is 72.4 cm³/mol. The smallest absolute Gasteiger partial charge is 0.224 e. The number of rotatable bonds is 3. The lowest BCUT2D eigenvalue weighted by atomic mass is 10.2. The first-order chi connectivity index (χ1) is 8.16. The fraction of sp³-hybridized carbons (Fsp3) is 0.214. The zero-order valence-electron chi connectivity index (χ0n) is 10.0. The summed E-state index contributed by atoms with van der Waals surface area (Å²) in [5.74, 6) is 0.0794. The highest BCUT2D eigenvalue weighted by atomic mass is 32.1. The Hall–Kier alpha value is -1.61. The average molecular weight is 245 g/mol. The Labute approximate surface area is 106 Å². The summed E-state index contributed by atoms with van der Waals surface area (Å²) in [5, 5.41) is 1.01. The van der Waals surface area contributed by atoms with E-state index in [0.29, 0.717) is 6.54 Å². The Bertz CT molecular complexity index is 504. The lowest BCUT2D eigenvalue weighted by molar-refractivity contribution is -0.116. The first kappa shape index (κ1) is 11.9. The van der Waals surface area contributed by atoms with Crippen LogP contribution in [0.25, 0.3) is 0 Å². The highest BCUT2D eigenvalue weighted by molar-refractivity contribution is 7.16. The van der Waals surface area contributed by atoms with Crippen LogP contribution >= 0.6 is 11.3 Å². The van der Waals surface area contributed by atoms with Gasteiger partial charge < -0.3 is 0 Å². The van der Waals surface area contributed by atoms with Crippen molar-refractivity contribution in [3.05, 3.63) is 52.9 Å². The predicted octanol–water partition coefficient (Wildman–Crippen LogP) is 3.61. The topological polar surface area (TPSA) is 20.3 Å². The molecule has 1 amide bonds. The van der Waals surface area contributed by atoms with Crippen molar-refractivity contribution in [2.45, 2.75) is 20.4 Å². The highest BCUT2D eigenvalue weighted by Gasteiger charge is 2.13. The molecule has 1 aromatic heterocycles. The maximum atomic E-state index is 11.7. The third-order valence-corrected chi connectivity index (χ3v) is 3.58. The summed E-state index contributed by atoms with van der Waals surface area (Å²) in [4.78, 5) is 14.7. The third kappa shape index (κ3) is 2.94. The van der Waals surface area contributed by atoms with E-state index in [2.05, 4.69) is 6.92 Å². The molecule has 0 saturated heterocycles. The number of hydrogen-bond acceptors (Lipinski definition) is 2. The third-order valence-electron chi connectivity index (χ3n) is 2.56. The second-order valence-electron chi connectivity index (χ2n) is 3.98. The van der Waals surface area contributed by atoms with Gasteiger partial charge in [-0.2, -0.15) is 0 Å². The fourth-order valence-corrected chi connectivity index (χ4v) is 2.58. The molecule has 0 aliphatic carbocycles. The Morgan fingerprint density at radius 2 is 1.88 bits per heavy atom. The van der Waals surface area contributed by atoms with Crippen LogP contribution < -0.4 is 4.90 Å². The molecule has 1 aromatic carbocycles. The molecule has 0 fully saturated rings. The molecule has 1 heterocycles. The molecular weight excluding hydrogens is 230 g/mol. The lowest BCUT2D eigenvalue weighted by Gasteiger charge is -2.19. The van der Waals surface area contributed by atoms with Crippen LogP contribution in [0.1, 0.15) is 17.4 Å². The molecule has 0 N–H and O–H groups in total. The first-order valence-corrected chi connectivity index (χ1v) is 6.37. The summed E-state index contributed by atoms with van der Waals surface area (Å²) < 4.78 is 0. The molecule has 3 heteroatoms.